The van der Waals surface area contributed by atoms with Crippen molar-refractivity contribution in [1.82, 2.24) is 5.32 Å². The predicted octanol–water partition coefficient (Wildman–Crippen LogP) is 8.05. The standard InChI is InChI=1S/C31H42FNO/c1-3-5-6-8-24-10-12-26(13-11-24)14-15-27-18-21-29(30(32)23-27)28-19-16-25(17-20-28)9-7-22-33-31(34)4-2/h4,16-21,23-24,26H,2-3,5-15,22H2,1H3,(H,33,34). The van der Waals surface area contributed by atoms with E-state index in [2.05, 4.69) is 37.0 Å². The fourth-order valence-corrected chi connectivity index (χ4v) is 5.24. The van der Waals surface area contributed by atoms with Gasteiger partial charge in [-0.2, -0.15) is 0 Å². The van der Waals surface area contributed by atoms with Gasteiger partial charge in [0.2, 0.25) is 5.91 Å². The maximum absolute atomic E-state index is 14.9. The molecule has 184 valence electrons. The van der Waals surface area contributed by atoms with Gasteiger partial charge >= 0.3 is 0 Å². The van der Waals surface area contributed by atoms with Crippen molar-refractivity contribution in [2.75, 3.05) is 6.54 Å². The van der Waals surface area contributed by atoms with Gasteiger partial charge in [0.05, 0.1) is 0 Å². The highest BCUT2D eigenvalue weighted by Gasteiger charge is 2.20. The normalized spacial score (nSPS) is 17.9. The molecule has 0 atom stereocenters. The Labute approximate surface area is 206 Å². The Balaban J connectivity index is 1.44. The van der Waals surface area contributed by atoms with E-state index in [4.69, 9.17) is 0 Å². The van der Waals surface area contributed by atoms with Gasteiger partial charge in [0.1, 0.15) is 5.82 Å². The summed E-state index contributed by atoms with van der Waals surface area (Å²) in [7, 11) is 0. The minimum absolute atomic E-state index is 0.128. The first-order valence-corrected chi connectivity index (χ1v) is 13.4. The molecule has 0 bridgehead atoms. The second-order valence-electron chi connectivity index (χ2n) is 10.0. The molecular formula is C31H42FNO. The Hall–Kier alpha value is -2.42. The Morgan fingerprint density at radius 1 is 0.941 bits per heavy atom. The lowest BCUT2D eigenvalue weighted by atomic mass is 9.78. The molecule has 1 N–H and O–H groups in total. The number of carbonyl (C=O) groups is 1. The molecule has 1 amide bonds. The van der Waals surface area contributed by atoms with Gasteiger partial charge in [0.15, 0.2) is 0 Å². The number of amides is 1. The minimum atomic E-state index is -0.139. The fourth-order valence-electron chi connectivity index (χ4n) is 5.24. The Kier molecular flexibility index (Phi) is 10.9. The van der Waals surface area contributed by atoms with Crippen LogP contribution in [0, 0.1) is 17.7 Å². The van der Waals surface area contributed by atoms with Crippen molar-refractivity contribution in [3.63, 3.8) is 0 Å². The molecule has 0 heterocycles. The predicted molar refractivity (Wildman–Crippen MR) is 141 cm³/mol. The molecule has 0 saturated heterocycles. The van der Waals surface area contributed by atoms with E-state index in [-0.39, 0.29) is 11.7 Å². The summed E-state index contributed by atoms with van der Waals surface area (Å²) in [5.74, 6) is 1.49. The van der Waals surface area contributed by atoms with E-state index in [1.807, 2.05) is 18.2 Å². The lowest BCUT2D eigenvalue weighted by Crippen LogP contribution is -2.22. The van der Waals surface area contributed by atoms with Crippen molar-refractivity contribution in [3.8, 4) is 11.1 Å². The average Bonchev–Trinajstić information content (AvgIpc) is 2.86. The highest BCUT2D eigenvalue weighted by Crippen LogP contribution is 2.34. The third-order valence-corrected chi connectivity index (χ3v) is 7.45. The van der Waals surface area contributed by atoms with Crippen LogP contribution >= 0.6 is 0 Å². The zero-order chi connectivity index (χ0) is 24.2. The molecule has 1 fully saturated rings. The summed E-state index contributed by atoms with van der Waals surface area (Å²) in [6.07, 6.45) is 16.2. The first kappa shape index (κ1) is 26.2. The van der Waals surface area contributed by atoms with Crippen LogP contribution < -0.4 is 5.32 Å². The number of rotatable bonds is 13. The SMILES string of the molecule is C=CC(=O)NCCCc1ccc(-c2ccc(CCC3CCC(CCCCC)CC3)cc2F)cc1. The monoisotopic (exact) mass is 463 g/mol. The smallest absolute Gasteiger partial charge is 0.243 e. The quantitative estimate of drug-likeness (QED) is 0.236. The molecule has 34 heavy (non-hydrogen) atoms. The first-order valence-electron chi connectivity index (χ1n) is 13.4. The van der Waals surface area contributed by atoms with Crippen molar-refractivity contribution in [2.24, 2.45) is 11.8 Å². The maximum Gasteiger partial charge on any atom is 0.243 e. The van der Waals surface area contributed by atoms with Gasteiger partial charge in [-0.15, -0.1) is 0 Å². The molecule has 0 aliphatic heterocycles. The van der Waals surface area contributed by atoms with Crippen molar-refractivity contribution in [2.45, 2.75) is 84.0 Å². The van der Waals surface area contributed by atoms with Gasteiger partial charge in [-0.1, -0.05) is 101 Å². The van der Waals surface area contributed by atoms with Crippen molar-refractivity contribution >= 4 is 5.91 Å². The molecule has 3 rings (SSSR count). The summed E-state index contributed by atoms with van der Waals surface area (Å²) in [6, 6.07) is 13.9. The molecule has 1 aliphatic rings. The highest BCUT2D eigenvalue weighted by atomic mass is 19.1. The molecule has 0 aromatic heterocycles. The average molecular weight is 464 g/mol. The minimum Gasteiger partial charge on any atom is -0.353 e. The third-order valence-electron chi connectivity index (χ3n) is 7.45. The van der Waals surface area contributed by atoms with Crippen LogP contribution in [-0.4, -0.2) is 12.5 Å². The second-order valence-corrected chi connectivity index (χ2v) is 10.0. The summed E-state index contributed by atoms with van der Waals surface area (Å²) >= 11 is 0. The molecule has 0 radical (unpaired) electrons. The zero-order valence-electron chi connectivity index (χ0n) is 21.0. The van der Waals surface area contributed by atoms with Crippen LogP contribution in [0.4, 0.5) is 4.39 Å². The van der Waals surface area contributed by atoms with Crippen molar-refractivity contribution < 1.29 is 9.18 Å². The zero-order valence-corrected chi connectivity index (χ0v) is 21.0. The van der Waals surface area contributed by atoms with Gasteiger partial charge in [-0.25, -0.2) is 4.39 Å². The van der Waals surface area contributed by atoms with E-state index < -0.39 is 0 Å². The molecule has 1 aliphatic carbocycles. The Morgan fingerprint density at radius 3 is 2.26 bits per heavy atom. The number of nitrogens with one attached hydrogen (secondary N) is 1. The largest absolute Gasteiger partial charge is 0.353 e. The number of hydrogen-bond donors (Lipinski definition) is 1. The van der Waals surface area contributed by atoms with Gasteiger partial charge < -0.3 is 5.32 Å². The van der Waals surface area contributed by atoms with E-state index in [0.717, 1.165) is 42.2 Å². The highest BCUT2D eigenvalue weighted by molar-refractivity contribution is 5.86. The lowest BCUT2D eigenvalue weighted by molar-refractivity contribution is -0.116. The molecule has 2 aromatic carbocycles. The maximum atomic E-state index is 14.9. The van der Waals surface area contributed by atoms with E-state index in [1.165, 1.54) is 69.4 Å². The number of halogens is 1. The van der Waals surface area contributed by atoms with Crippen molar-refractivity contribution in [3.05, 3.63) is 72.1 Å². The summed E-state index contributed by atoms with van der Waals surface area (Å²) in [6.45, 7) is 6.36. The number of hydrogen-bond acceptors (Lipinski definition) is 1. The topological polar surface area (TPSA) is 29.1 Å². The molecule has 0 unspecified atom stereocenters. The second kappa shape index (κ2) is 14.1. The summed E-state index contributed by atoms with van der Waals surface area (Å²) in [5.41, 5.74) is 3.88. The van der Waals surface area contributed by atoms with Crippen LogP contribution in [0.15, 0.2) is 55.1 Å². The number of benzene rings is 2. The van der Waals surface area contributed by atoms with Crippen LogP contribution in [-0.2, 0) is 17.6 Å². The van der Waals surface area contributed by atoms with E-state index in [0.29, 0.717) is 12.1 Å². The summed E-state index contributed by atoms with van der Waals surface area (Å²) in [5, 5.41) is 2.79. The number of unbranched alkanes of at least 4 members (excludes halogenated alkanes) is 2. The summed E-state index contributed by atoms with van der Waals surface area (Å²) < 4.78 is 14.9. The van der Waals surface area contributed by atoms with Gasteiger partial charge in [-0.3, -0.25) is 4.79 Å². The van der Waals surface area contributed by atoms with E-state index >= 15 is 0 Å². The van der Waals surface area contributed by atoms with Gasteiger partial charge in [0.25, 0.3) is 0 Å². The molecule has 1 saturated carbocycles. The Morgan fingerprint density at radius 2 is 1.62 bits per heavy atom. The number of carbonyl (C=O) groups excluding carboxylic acids is 1. The van der Waals surface area contributed by atoms with Crippen LogP contribution in [0.5, 0.6) is 0 Å². The number of aryl methyl sites for hydroxylation is 2. The van der Waals surface area contributed by atoms with E-state index in [9.17, 15) is 9.18 Å². The van der Waals surface area contributed by atoms with Crippen LogP contribution in [0.2, 0.25) is 0 Å². The van der Waals surface area contributed by atoms with Gasteiger partial charge in [-0.05, 0) is 66.4 Å². The van der Waals surface area contributed by atoms with Crippen LogP contribution in [0.25, 0.3) is 11.1 Å². The Bertz CT molecular complexity index is 896. The summed E-state index contributed by atoms with van der Waals surface area (Å²) in [4.78, 5) is 11.2. The molecule has 2 nitrogen and oxygen atoms in total. The molecule has 0 spiro atoms. The fraction of sp³-hybridized carbons (Fsp3) is 0.516. The third kappa shape index (κ3) is 8.42. The molecule has 3 heteroatoms. The van der Waals surface area contributed by atoms with Crippen LogP contribution in [0.1, 0.15) is 82.3 Å². The first-order chi connectivity index (χ1) is 16.6. The van der Waals surface area contributed by atoms with Gasteiger partial charge in [0, 0.05) is 12.1 Å². The van der Waals surface area contributed by atoms with E-state index in [1.54, 1.807) is 6.07 Å². The molecule has 2 aromatic rings. The molecular weight excluding hydrogens is 421 g/mol. The van der Waals surface area contributed by atoms with Crippen LogP contribution in [0.3, 0.4) is 0 Å². The van der Waals surface area contributed by atoms with Crippen molar-refractivity contribution in [1.29, 1.82) is 0 Å². The lowest BCUT2D eigenvalue weighted by Gasteiger charge is -2.28.